The molecule has 7 rings (SSSR count). The molecule has 0 amide bonds. The van der Waals surface area contributed by atoms with Gasteiger partial charge >= 0.3 is 0 Å². The lowest BCUT2D eigenvalue weighted by Crippen LogP contribution is -2.38. The number of ether oxygens (including phenoxy) is 3. The van der Waals surface area contributed by atoms with Crippen molar-refractivity contribution in [3.8, 4) is 17.2 Å². The molecule has 4 aromatic carbocycles. The third kappa shape index (κ3) is 2.70. The molecule has 0 saturated carbocycles. The Morgan fingerprint density at radius 3 is 2.00 bits per heavy atom. The molecule has 4 aromatic rings. The van der Waals surface area contributed by atoms with Crippen molar-refractivity contribution < 1.29 is 14.2 Å². The molecule has 0 fully saturated rings. The van der Waals surface area contributed by atoms with Crippen molar-refractivity contribution in [2.75, 3.05) is 24.8 Å². The normalized spacial score (nSPS) is 19.6. The average molecular weight is 434 g/mol. The van der Waals surface area contributed by atoms with E-state index in [9.17, 15) is 0 Å². The summed E-state index contributed by atoms with van der Waals surface area (Å²) in [6.45, 7) is 1.69. The average Bonchev–Trinajstić information content (AvgIpc) is 3.57. The van der Waals surface area contributed by atoms with Gasteiger partial charge in [0.15, 0.2) is 11.5 Å². The first-order valence-corrected chi connectivity index (χ1v) is 11.4. The maximum atomic E-state index is 6.30. The molecule has 3 aliphatic rings. The fourth-order valence-corrected chi connectivity index (χ4v) is 5.69. The first-order chi connectivity index (χ1) is 16.3. The first kappa shape index (κ1) is 18.6. The number of para-hydroxylation sites is 1. The fraction of sp³-hybridized carbons (Fsp3) is 0.172. The van der Waals surface area contributed by atoms with Gasteiger partial charge in [0, 0.05) is 23.9 Å². The molecule has 0 N–H and O–H groups in total. The van der Waals surface area contributed by atoms with Crippen LogP contribution in [0.1, 0.15) is 28.3 Å². The van der Waals surface area contributed by atoms with Gasteiger partial charge in [-0.2, -0.15) is 0 Å². The molecule has 162 valence electrons. The number of rotatable bonds is 3. The Hall–Kier alpha value is -3.92. The quantitative estimate of drug-likeness (QED) is 0.415. The molecule has 0 aromatic heterocycles. The summed E-state index contributed by atoms with van der Waals surface area (Å²) < 4.78 is 17.6. The molecule has 4 nitrogen and oxygen atoms in total. The summed E-state index contributed by atoms with van der Waals surface area (Å²) in [5.74, 6) is 2.46. The van der Waals surface area contributed by atoms with E-state index < -0.39 is 0 Å². The van der Waals surface area contributed by atoms with Crippen LogP contribution in [0.25, 0.3) is 0 Å². The van der Waals surface area contributed by atoms with E-state index in [1.54, 1.807) is 0 Å². The molecule has 1 unspecified atom stereocenters. The number of benzene rings is 4. The highest BCUT2D eigenvalue weighted by atomic mass is 16.7. The molecule has 1 spiro atoms. The van der Waals surface area contributed by atoms with Gasteiger partial charge in [0.05, 0.1) is 11.5 Å². The van der Waals surface area contributed by atoms with Crippen molar-refractivity contribution in [2.45, 2.75) is 11.5 Å². The first-order valence-electron chi connectivity index (χ1n) is 11.4. The van der Waals surface area contributed by atoms with Crippen LogP contribution >= 0.6 is 0 Å². The zero-order chi connectivity index (χ0) is 21.8. The predicted molar refractivity (Wildman–Crippen MR) is 127 cm³/mol. The Morgan fingerprint density at radius 2 is 1.27 bits per heavy atom. The van der Waals surface area contributed by atoms with Crippen LogP contribution in [0.15, 0.2) is 97.1 Å². The van der Waals surface area contributed by atoms with Crippen molar-refractivity contribution in [3.63, 3.8) is 0 Å². The molecule has 1 atom stereocenters. The predicted octanol–water partition coefficient (Wildman–Crippen LogP) is 5.70. The van der Waals surface area contributed by atoms with Crippen LogP contribution in [0.5, 0.6) is 17.2 Å². The highest BCUT2D eigenvalue weighted by Crippen LogP contribution is 2.56. The lowest BCUT2D eigenvalue weighted by molar-refractivity contribution is 0.173. The Labute approximate surface area is 193 Å². The summed E-state index contributed by atoms with van der Waals surface area (Å²) in [6, 6.07) is 34.5. The standard InChI is InChI=1S/C29H23NO3/c1-3-9-20(10-4-1)28(21-11-5-2-6-12-21)30-17-29(22-13-7-8-14-24(22)30)18-31-25-16-27-26(15-23(25)29)32-19-33-27/h1-16,28H,17-19H2. The highest BCUT2D eigenvalue weighted by molar-refractivity contribution is 5.72. The third-order valence-corrected chi connectivity index (χ3v) is 7.18. The van der Waals surface area contributed by atoms with Crippen LogP contribution in [-0.2, 0) is 5.41 Å². The summed E-state index contributed by atoms with van der Waals surface area (Å²) in [7, 11) is 0. The number of fused-ring (bicyclic) bond motifs is 5. The van der Waals surface area contributed by atoms with Crippen LogP contribution in [0.4, 0.5) is 5.69 Å². The number of nitrogens with zero attached hydrogens (tertiary/aromatic N) is 1. The van der Waals surface area contributed by atoms with Crippen LogP contribution in [0, 0.1) is 0 Å². The summed E-state index contributed by atoms with van der Waals surface area (Å²) in [5.41, 5.74) is 6.04. The van der Waals surface area contributed by atoms with Crippen molar-refractivity contribution in [2.24, 2.45) is 0 Å². The van der Waals surface area contributed by atoms with Gasteiger partial charge in [-0.3, -0.25) is 0 Å². The maximum Gasteiger partial charge on any atom is 0.231 e. The van der Waals surface area contributed by atoms with E-state index in [0.29, 0.717) is 6.61 Å². The van der Waals surface area contributed by atoms with Crippen molar-refractivity contribution in [3.05, 3.63) is 119 Å². The Bertz CT molecular complexity index is 1300. The van der Waals surface area contributed by atoms with Gasteiger partial charge in [-0.05, 0) is 28.8 Å². The fourth-order valence-electron chi connectivity index (χ4n) is 5.69. The van der Waals surface area contributed by atoms with Gasteiger partial charge in [0.2, 0.25) is 6.79 Å². The second kappa shape index (κ2) is 7.04. The van der Waals surface area contributed by atoms with E-state index in [2.05, 4.69) is 95.9 Å². The van der Waals surface area contributed by atoms with Gasteiger partial charge in [-0.25, -0.2) is 0 Å². The molecule has 0 aliphatic carbocycles. The highest BCUT2D eigenvalue weighted by Gasteiger charge is 2.51. The van der Waals surface area contributed by atoms with Gasteiger partial charge in [-0.1, -0.05) is 78.9 Å². The van der Waals surface area contributed by atoms with Crippen LogP contribution in [0.2, 0.25) is 0 Å². The Balaban J connectivity index is 1.41. The summed E-state index contributed by atoms with van der Waals surface area (Å²) in [6.07, 6.45) is 0. The molecule has 4 heteroatoms. The zero-order valence-electron chi connectivity index (χ0n) is 18.1. The second-order valence-electron chi connectivity index (χ2n) is 8.94. The molecule has 33 heavy (non-hydrogen) atoms. The molecular formula is C29H23NO3. The van der Waals surface area contributed by atoms with Gasteiger partial charge < -0.3 is 19.1 Å². The van der Waals surface area contributed by atoms with E-state index >= 15 is 0 Å². The number of hydrogen-bond acceptors (Lipinski definition) is 4. The number of hydrogen-bond donors (Lipinski definition) is 0. The minimum Gasteiger partial charge on any atom is -0.492 e. The smallest absolute Gasteiger partial charge is 0.231 e. The van der Waals surface area contributed by atoms with Crippen molar-refractivity contribution >= 4 is 5.69 Å². The minimum absolute atomic E-state index is 0.103. The molecule has 0 radical (unpaired) electrons. The van der Waals surface area contributed by atoms with Crippen LogP contribution in [0.3, 0.4) is 0 Å². The minimum atomic E-state index is -0.255. The molecule has 0 saturated heterocycles. The van der Waals surface area contributed by atoms with Crippen molar-refractivity contribution in [1.29, 1.82) is 0 Å². The Morgan fingerprint density at radius 1 is 0.636 bits per heavy atom. The van der Waals surface area contributed by atoms with Gasteiger partial charge in [0.1, 0.15) is 12.4 Å². The zero-order valence-corrected chi connectivity index (χ0v) is 18.1. The SMILES string of the molecule is c1ccc(C(c2ccccc2)N2CC3(COc4cc5c(cc43)OCO5)c3ccccc32)cc1. The third-order valence-electron chi connectivity index (χ3n) is 7.18. The van der Waals surface area contributed by atoms with E-state index in [4.69, 9.17) is 14.2 Å². The van der Waals surface area contributed by atoms with E-state index in [1.807, 2.05) is 6.07 Å². The summed E-state index contributed by atoms with van der Waals surface area (Å²) in [5, 5.41) is 0. The summed E-state index contributed by atoms with van der Waals surface area (Å²) >= 11 is 0. The molecule has 0 bridgehead atoms. The van der Waals surface area contributed by atoms with E-state index in [0.717, 1.165) is 23.8 Å². The lowest BCUT2D eigenvalue weighted by atomic mass is 9.77. The lowest BCUT2D eigenvalue weighted by Gasteiger charge is -2.33. The number of anilines is 1. The van der Waals surface area contributed by atoms with E-state index in [-0.39, 0.29) is 18.2 Å². The molecular weight excluding hydrogens is 410 g/mol. The van der Waals surface area contributed by atoms with Crippen LogP contribution < -0.4 is 19.1 Å². The van der Waals surface area contributed by atoms with Crippen LogP contribution in [-0.4, -0.2) is 19.9 Å². The Kier molecular flexibility index (Phi) is 3.98. The summed E-state index contributed by atoms with van der Waals surface area (Å²) in [4.78, 5) is 2.54. The van der Waals surface area contributed by atoms with E-state index in [1.165, 1.54) is 27.9 Å². The maximum absolute atomic E-state index is 6.30. The largest absolute Gasteiger partial charge is 0.492 e. The van der Waals surface area contributed by atoms with Gasteiger partial charge in [-0.15, -0.1) is 0 Å². The second-order valence-corrected chi connectivity index (χ2v) is 8.94. The van der Waals surface area contributed by atoms with Crippen molar-refractivity contribution in [1.82, 2.24) is 0 Å². The topological polar surface area (TPSA) is 30.9 Å². The molecule has 3 aliphatic heterocycles. The molecule has 3 heterocycles. The monoisotopic (exact) mass is 433 g/mol. The van der Waals surface area contributed by atoms with Gasteiger partial charge in [0.25, 0.3) is 0 Å².